The van der Waals surface area contributed by atoms with Crippen molar-refractivity contribution < 1.29 is 13.5 Å². The summed E-state index contributed by atoms with van der Waals surface area (Å²) in [6.45, 7) is 5.77. The van der Waals surface area contributed by atoms with E-state index in [-0.39, 0.29) is 23.1 Å². The third-order valence-corrected chi connectivity index (χ3v) is 5.68. The summed E-state index contributed by atoms with van der Waals surface area (Å²) in [5.74, 6) is 1.25. The summed E-state index contributed by atoms with van der Waals surface area (Å²) < 4.78 is 35.4. The number of alkyl halides is 2. The maximum atomic E-state index is 13.4. The van der Waals surface area contributed by atoms with Gasteiger partial charge in [0.15, 0.2) is 11.5 Å². The lowest BCUT2D eigenvalue weighted by atomic mass is 10.2. The van der Waals surface area contributed by atoms with Crippen molar-refractivity contribution in [3.8, 4) is 5.75 Å². The minimum atomic E-state index is -2.62. The zero-order chi connectivity index (χ0) is 20.4. The molecule has 4 aromatic heterocycles. The van der Waals surface area contributed by atoms with Crippen LogP contribution in [0.3, 0.4) is 0 Å². The molecule has 1 fully saturated rings. The number of nitrogens with zero attached hydrogens (tertiary/aromatic N) is 6. The number of fused-ring (bicyclic) bond motifs is 2. The molecule has 9 heteroatoms. The monoisotopic (exact) mass is 398 g/mol. The first-order chi connectivity index (χ1) is 13.9. The second-order valence-corrected chi connectivity index (χ2v) is 7.55. The maximum Gasteiger partial charge on any atom is 0.268 e. The molecule has 1 aliphatic rings. The normalized spacial score (nSPS) is 18.9. The summed E-state index contributed by atoms with van der Waals surface area (Å²) in [6.07, 6.45) is 1.47. The molecule has 0 amide bonds. The van der Waals surface area contributed by atoms with Gasteiger partial charge in [0, 0.05) is 36.0 Å². The predicted octanol–water partition coefficient (Wildman–Crippen LogP) is 3.91. The predicted molar refractivity (Wildman–Crippen MR) is 102 cm³/mol. The average Bonchev–Trinajstić information content (AvgIpc) is 3.24. The number of halogens is 2. The molecule has 0 aliphatic heterocycles. The zero-order valence-corrected chi connectivity index (χ0v) is 16.5. The van der Waals surface area contributed by atoms with E-state index in [1.807, 2.05) is 25.3 Å². The number of pyridine rings is 1. The summed E-state index contributed by atoms with van der Waals surface area (Å²) >= 11 is 0. The van der Waals surface area contributed by atoms with Gasteiger partial charge in [-0.15, -0.1) is 0 Å². The van der Waals surface area contributed by atoms with E-state index >= 15 is 0 Å². The molecular formula is C20H20F2N6O. The first-order valence-corrected chi connectivity index (χ1v) is 9.42. The number of methoxy groups -OCH3 is 1. The Morgan fingerprint density at radius 2 is 1.97 bits per heavy atom. The molecule has 1 aliphatic carbocycles. The van der Waals surface area contributed by atoms with Crippen molar-refractivity contribution >= 4 is 11.3 Å². The van der Waals surface area contributed by atoms with E-state index < -0.39 is 6.43 Å². The van der Waals surface area contributed by atoms with Crippen molar-refractivity contribution in [2.24, 2.45) is 0 Å². The summed E-state index contributed by atoms with van der Waals surface area (Å²) in [4.78, 5) is 13.8. The molecule has 0 radical (unpaired) electrons. The lowest BCUT2D eigenvalue weighted by Crippen LogP contribution is -1.98. The van der Waals surface area contributed by atoms with Gasteiger partial charge in [-0.25, -0.2) is 23.3 Å². The van der Waals surface area contributed by atoms with E-state index in [4.69, 9.17) is 14.7 Å². The van der Waals surface area contributed by atoms with Crippen LogP contribution in [0.25, 0.3) is 11.3 Å². The Hall–Kier alpha value is -3.10. The van der Waals surface area contributed by atoms with Crippen LogP contribution in [-0.4, -0.2) is 36.1 Å². The first kappa shape index (κ1) is 18.0. The van der Waals surface area contributed by atoms with Gasteiger partial charge in [0.1, 0.15) is 11.4 Å². The minimum Gasteiger partial charge on any atom is -0.496 e. The molecule has 4 heterocycles. The molecule has 1 saturated carbocycles. The fourth-order valence-corrected chi connectivity index (χ4v) is 3.96. The highest BCUT2D eigenvalue weighted by atomic mass is 19.3. The van der Waals surface area contributed by atoms with E-state index in [1.165, 1.54) is 13.3 Å². The minimum absolute atomic E-state index is 0.139. The van der Waals surface area contributed by atoms with Crippen LogP contribution in [-0.2, 0) is 0 Å². The molecule has 2 unspecified atom stereocenters. The Kier molecular flexibility index (Phi) is 3.84. The summed E-state index contributed by atoms with van der Waals surface area (Å²) in [5.41, 5.74) is 4.75. The van der Waals surface area contributed by atoms with Gasteiger partial charge in [0.05, 0.1) is 29.8 Å². The van der Waals surface area contributed by atoms with E-state index in [1.54, 1.807) is 16.7 Å². The Labute approximate surface area is 165 Å². The van der Waals surface area contributed by atoms with Crippen molar-refractivity contribution in [3.05, 3.63) is 52.6 Å². The van der Waals surface area contributed by atoms with Crippen LogP contribution < -0.4 is 4.74 Å². The number of imidazole rings is 1. The quantitative estimate of drug-likeness (QED) is 0.521. The van der Waals surface area contributed by atoms with Crippen LogP contribution in [0.2, 0.25) is 0 Å². The first-order valence-electron chi connectivity index (χ1n) is 9.42. The van der Waals surface area contributed by atoms with Crippen molar-refractivity contribution in [2.45, 2.75) is 45.5 Å². The fourth-order valence-electron chi connectivity index (χ4n) is 3.96. The molecular weight excluding hydrogens is 378 g/mol. The molecule has 0 N–H and O–H groups in total. The molecule has 4 aromatic rings. The molecule has 0 aromatic carbocycles. The summed E-state index contributed by atoms with van der Waals surface area (Å²) in [6, 6.07) is 1.57. The van der Waals surface area contributed by atoms with Crippen LogP contribution >= 0.6 is 0 Å². The Balaban J connectivity index is 1.54. The number of aryl methyl sites for hydroxylation is 3. The highest BCUT2D eigenvalue weighted by molar-refractivity contribution is 5.53. The molecule has 150 valence electrons. The van der Waals surface area contributed by atoms with Crippen LogP contribution in [0.4, 0.5) is 8.78 Å². The topological polar surface area (TPSA) is 69.6 Å². The summed E-state index contributed by atoms with van der Waals surface area (Å²) in [5, 5.41) is 4.67. The fraction of sp³-hybridized carbons (Fsp3) is 0.400. The number of ether oxygens (including phenoxy) is 1. The molecule has 7 nitrogen and oxygen atoms in total. The SMILES string of the molecule is COc1cc2nc(C3CC3c3nc4c(C)ncc(C)n4n3)c(C)n2cc1C(F)F. The Morgan fingerprint density at radius 1 is 1.17 bits per heavy atom. The largest absolute Gasteiger partial charge is 0.496 e. The Bertz CT molecular complexity index is 1220. The molecule has 5 rings (SSSR count). The lowest BCUT2D eigenvalue weighted by molar-refractivity contribution is 0.146. The van der Waals surface area contributed by atoms with Crippen LogP contribution in [0.15, 0.2) is 18.5 Å². The van der Waals surface area contributed by atoms with Gasteiger partial charge in [0.25, 0.3) is 6.43 Å². The van der Waals surface area contributed by atoms with Gasteiger partial charge >= 0.3 is 0 Å². The van der Waals surface area contributed by atoms with Gasteiger partial charge < -0.3 is 9.14 Å². The molecule has 0 saturated heterocycles. The number of rotatable bonds is 4. The van der Waals surface area contributed by atoms with Crippen molar-refractivity contribution in [1.29, 1.82) is 0 Å². The smallest absolute Gasteiger partial charge is 0.268 e. The van der Waals surface area contributed by atoms with Crippen LogP contribution in [0.1, 0.15) is 58.8 Å². The number of hydrogen-bond donors (Lipinski definition) is 0. The third-order valence-electron chi connectivity index (χ3n) is 5.68. The highest BCUT2D eigenvalue weighted by Gasteiger charge is 2.45. The second kappa shape index (κ2) is 6.20. The maximum absolute atomic E-state index is 13.4. The molecule has 29 heavy (non-hydrogen) atoms. The average molecular weight is 398 g/mol. The van der Waals surface area contributed by atoms with Gasteiger partial charge in [-0.2, -0.15) is 5.10 Å². The van der Waals surface area contributed by atoms with Crippen molar-refractivity contribution in [3.63, 3.8) is 0 Å². The van der Waals surface area contributed by atoms with Gasteiger partial charge in [-0.3, -0.25) is 4.98 Å². The van der Waals surface area contributed by atoms with Gasteiger partial charge in [-0.1, -0.05) is 0 Å². The van der Waals surface area contributed by atoms with Crippen LogP contribution in [0.5, 0.6) is 5.75 Å². The van der Waals surface area contributed by atoms with Crippen LogP contribution in [0, 0.1) is 20.8 Å². The lowest BCUT2D eigenvalue weighted by Gasteiger charge is -2.08. The molecule has 0 bridgehead atoms. The number of aromatic nitrogens is 6. The van der Waals surface area contributed by atoms with Crippen molar-refractivity contribution in [1.82, 2.24) is 29.0 Å². The molecule has 2 atom stereocenters. The van der Waals surface area contributed by atoms with Crippen molar-refractivity contribution in [2.75, 3.05) is 7.11 Å². The molecule has 0 spiro atoms. The van der Waals surface area contributed by atoms with E-state index in [2.05, 4.69) is 10.1 Å². The second-order valence-electron chi connectivity index (χ2n) is 7.55. The zero-order valence-electron chi connectivity index (χ0n) is 16.5. The number of hydrogen-bond acceptors (Lipinski definition) is 5. The summed E-state index contributed by atoms with van der Waals surface area (Å²) in [7, 11) is 1.39. The third kappa shape index (κ3) is 2.67. The Morgan fingerprint density at radius 3 is 2.66 bits per heavy atom. The van der Waals surface area contributed by atoms with Gasteiger partial charge in [0.2, 0.25) is 0 Å². The van der Waals surface area contributed by atoms with E-state index in [0.717, 1.165) is 40.7 Å². The van der Waals surface area contributed by atoms with E-state index in [0.29, 0.717) is 5.65 Å². The standard InChI is InChI=1S/C20H20F2N6O/c1-9-7-23-10(2)20-25-19(26-28(9)20)13-5-12(13)17-11(3)27-8-14(18(21)22)15(29-4)6-16(27)24-17/h6-8,12-13,18H,5H2,1-4H3. The van der Waals surface area contributed by atoms with E-state index in [9.17, 15) is 8.78 Å². The highest BCUT2D eigenvalue weighted by Crippen LogP contribution is 2.54. The van der Waals surface area contributed by atoms with Gasteiger partial charge in [-0.05, 0) is 27.2 Å².